The summed E-state index contributed by atoms with van der Waals surface area (Å²) < 4.78 is 5.43. The fourth-order valence-corrected chi connectivity index (χ4v) is 3.92. The van der Waals surface area contributed by atoms with Gasteiger partial charge in [0, 0.05) is 6.42 Å². The number of guanidine groups is 1. The van der Waals surface area contributed by atoms with Crippen LogP contribution in [0.2, 0.25) is 0 Å². The first kappa shape index (κ1) is 37.0. The summed E-state index contributed by atoms with van der Waals surface area (Å²) in [4.78, 5) is 79.9. The molecule has 0 spiro atoms. The zero-order valence-corrected chi connectivity index (χ0v) is 24.6. The maximum Gasteiger partial charge on any atom is 0.245 e. The second-order valence-electron chi connectivity index (χ2n) is 9.93. The Balaban J connectivity index is 3.14. The number of carbonyl (C=O) groups is 6. The minimum atomic E-state index is -1.09. The Morgan fingerprint density at radius 2 is 1.33 bits per heavy atom. The van der Waals surface area contributed by atoms with Crippen LogP contribution in [0.4, 0.5) is 0 Å². The average molecular weight is 614 g/mol. The fraction of sp³-hybridized carbons (Fsp3) is 0.720. The molecule has 0 saturated carbocycles. The van der Waals surface area contributed by atoms with Crippen molar-refractivity contribution in [3.05, 3.63) is 0 Å². The Bertz CT molecular complexity index is 975. The molecule has 244 valence electrons. The van der Waals surface area contributed by atoms with Crippen LogP contribution in [0.25, 0.3) is 0 Å². The molecule has 0 aromatic carbocycles. The number of ether oxygens (including phenoxy) is 1. The topological polar surface area (TPSA) is 300 Å². The summed E-state index contributed by atoms with van der Waals surface area (Å²) in [7, 11) is 0. The van der Waals surface area contributed by atoms with Gasteiger partial charge in [0.1, 0.15) is 30.9 Å². The third-order valence-electron chi connectivity index (χ3n) is 6.29. The molecule has 0 aliphatic carbocycles. The van der Waals surface area contributed by atoms with Crippen LogP contribution >= 0.6 is 0 Å². The molecule has 0 radical (unpaired) electrons. The molecule has 1 rings (SSSR count). The van der Waals surface area contributed by atoms with Crippen molar-refractivity contribution in [2.75, 3.05) is 39.5 Å². The van der Waals surface area contributed by atoms with E-state index in [1.165, 1.54) is 6.92 Å². The zero-order chi connectivity index (χ0) is 32.2. The van der Waals surface area contributed by atoms with Gasteiger partial charge in [-0.05, 0) is 58.5 Å². The molecular formula is C25H47N11O7. The maximum atomic E-state index is 13.3. The van der Waals surface area contributed by atoms with E-state index >= 15 is 0 Å². The Morgan fingerprint density at radius 1 is 0.744 bits per heavy atom. The molecule has 18 heteroatoms. The molecular weight excluding hydrogens is 566 g/mol. The molecule has 6 amide bonds. The lowest BCUT2D eigenvalue weighted by atomic mass is 10.1. The van der Waals surface area contributed by atoms with Crippen LogP contribution in [-0.4, -0.2) is 105 Å². The molecule has 1 heterocycles. The van der Waals surface area contributed by atoms with Gasteiger partial charge in [-0.25, -0.2) is 4.99 Å². The first-order valence-corrected chi connectivity index (χ1v) is 14.3. The van der Waals surface area contributed by atoms with E-state index in [-0.39, 0.29) is 38.6 Å². The van der Waals surface area contributed by atoms with E-state index in [0.29, 0.717) is 38.8 Å². The summed E-state index contributed by atoms with van der Waals surface area (Å²) in [6.45, 7) is 0.976. The van der Waals surface area contributed by atoms with Gasteiger partial charge < -0.3 is 59.6 Å². The van der Waals surface area contributed by atoms with Gasteiger partial charge in [-0.1, -0.05) is 0 Å². The summed E-state index contributed by atoms with van der Waals surface area (Å²) >= 11 is 0. The number of hydrogen-bond acceptors (Lipinski definition) is 10. The smallest absolute Gasteiger partial charge is 0.245 e. The van der Waals surface area contributed by atoms with Gasteiger partial charge in [0.2, 0.25) is 35.4 Å². The van der Waals surface area contributed by atoms with Crippen molar-refractivity contribution < 1.29 is 33.5 Å². The van der Waals surface area contributed by atoms with E-state index in [0.717, 1.165) is 0 Å². The minimum absolute atomic E-state index is 0.0162. The fourth-order valence-electron chi connectivity index (χ4n) is 3.92. The van der Waals surface area contributed by atoms with Gasteiger partial charge in [0.25, 0.3) is 0 Å². The summed E-state index contributed by atoms with van der Waals surface area (Å²) in [6, 6.07) is -4.11. The Morgan fingerprint density at radius 3 is 1.93 bits per heavy atom. The van der Waals surface area contributed by atoms with E-state index in [2.05, 4.69) is 36.9 Å². The maximum absolute atomic E-state index is 13.3. The number of amides is 6. The molecule has 0 aromatic rings. The first-order chi connectivity index (χ1) is 20.5. The van der Waals surface area contributed by atoms with Gasteiger partial charge in [-0.2, -0.15) is 0 Å². The standard InChI is InChI=1S/C25H47N11O7/c1-15-21(39)34-17(7-3-5-10-27)24(42)35-16(6-2-4-9-26)23(41)32-14-43-11-8-18(36-25(28)29)22(40)31-12-19(37)30-13-20(38)33-15/h15-18H,2-14,26-27H2,1H3,(H,30,37)(H,31,40)(H,32,41)(H,33,38)(H,34,39)(H,35,42)(H4,28,29,36)/t15-,16-,17-,18+/m0/s1. The van der Waals surface area contributed by atoms with Gasteiger partial charge in [0.05, 0.1) is 19.7 Å². The van der Waals surface area contributed by atoms with Crippen LogP contribution in [0, 0.1) is 0 Å². The number of aliphatic imine (C=N–C) groups is 1. The van der Waals surface area contributed by atoms with Crippen LogP contribution in [0.3, 0.4) is 0 Å². The number of nitrogens with one attached hydrogen (secondary N) is 6. The lowest BCUT2D eigenvalue weighted by Crippen LogP contribution is -2.56. The monoisotopic (exact) mass is 613 g/mol. The molecule has 0 aromatic heterocycles. The quantitative estimate of drug-likeness (QED) is 0.0667. The summed E-state index contributed by atoms with van der Waals surface area (Å²) in [6.07, 6.45) is 2.85. The van der Waals surface area contributed by atoms with Gasteiger partial charge in [-0.15, -0.1) is 0 Å². The van der Waals surface area contributed by atoms with Crippen LogP contribution in [0.15, 0.2) is 4.99 Å². The molecule has 1 aliphatic heterocycles. The van der Waals surface area contributed by atoms with Gasteiger partial charge >= 0.3 is 0 Å². The van der Waals surface area contributed by atoms with Crippen LogP contribution < -0.4 is 54.8 Å². The molecule has 1 aliphatic rings. The normalized spacial score (nSPS) is 24.1. The highest BCUT2D eigenvalue weighted by molar-refractivity contribution is 5.95. The van der Waals surface area contributed by atoms with Crippen LogP contribution in [0.5, 0.6) is 0 Å². The third kappa shape index (κ3) is 15.7. The molecule has 18 nitrogen and oxygen atoms in total. The predicted octanol–water partition coefficient (Wildman–Crippen LogP) is -4.91. The molecule has 1 saturated heterocycles. The van der Waals surface area contributed by atoms with E-state index in [9.17, 15) is 28.8 Å². The highest BCUT2D eigenvalue weighted by Gasteiger charge is 2.28. The third-order valence-corrected chi connectivity index (χ3v) is 6.29. The van der Waals surface area contributed by atoms with Crippen LogP contribution in [-0.2, 0) is 33.5 Å². The van der Waals surface area contributed by atoms with E-state index in [1.807, 2.05) is 0 Å². The second-order valence-corrected chi connectivity index (χ2v) is 9.93. The Labute approximate surface area is 250 Å². The molecule has 0 unspecified atom stereocenters. The van der Waals surface area contributed by atoms with Crippen molar-refractivity contribution >= 4 is 41.4 Å². The van der Waals surface area contributed by atoms with E-state index in [4.69, 9.17) is 27.7 Å². The lowest BCUT2D eigenvalue weighted by Gasteiger charge is -2.24. The number of rotatable bonds is 9. The van der Waals surface area contributed by atoms with Crippen molar-refractivity contribution in [3.8, 4) is 0 Å². The van der Waals surface area contributed by atoms with E-state index < -0.39 is 72.7 Å². The molecule has 43 heavy (non-hydrogen) atoms. The van der Waals surface area contributed by atoms with Crippen molar-refractivity contribution in [1.82, 2.24) is 31.9 Å². The Hall–Kier alpha value is -4.03. The molecule has 1 fully saturated rings. The Kier molecular flexibility index (Phi) is 17.9. The van der Waals surface area contributed by atoms with Crippen molar-refractivity contribution in [1.29, 1.82) is 0 Å². The lowest BCUT2D eigenvalue weighted by molar-refractivity contribution is -0.134. The number of nitrogens with two attached hydrogens (primary N) is 4. The second kappa shape index (κ2) is 20.8. The van der Waals surface area contributed by atoms with Crippen LogP contribution in [0.1, 0.15) is 51.9 Å². The number of hydrogen-bond donors (Lipinski definition) is 10. The average Bonchev–Trinajstić information content (AvgIpc) is 2.96. The number of nitrogens with zero attached hydrogens (tertiary/aromatic N) is 1. The number of unbranched alkanes of at least 4 members (excludes halogenated alkanes) is 2. The summed E-state index contributed by atoms with van der Waals surface area (Å²) in [5.41, 5.74) is 22.0. The zero-order valence-electron chi connectivity index (χ0n) is 24.6. The summed E-state index contributed by atoms with van der Waals surface area (Å²) in [5, 5.41) is 15.0. The minimum Gasteiger partial charge on any atom is -0.370 e. The highest BCUT2D eigenvalue weighted by atomic mass is 16.5. The van der Waals surface area contributed by atoms with Crippen molar-refractivity contribution in [2.45, 2.75) is 76.0 Å². The predicted molar refractivity (Wildman–Crippen MR) is 156 cm³/mol. The highest BCUT2D eigenvalue weighted by Crippen LogP contribution is 2.06. The largest absolute Gasteiger partial charge is 0.370 e. The molecule has 4 atom stereocenters. The van der Waals surface area contributed by atoms with Crippen molar-refractivity contribution in [2.24, 2.45) is 27.9 Å². The van der Waals surface area contributed by atoms with Crippen molar-refractivity contribution in [3.63, 3.8) is 0 Å². The first-order valence-electron chi connectivity index (χ1n) is 14.3. The van der Waals surface area contributed by atoms with Gasteiger partial charge in [0.15, 0.2) is 5.96 Å². The van der Waals surface area contributed by atoms with Gasteiger partial charge in [-0.3, -0.25) is 28.8 Å². The molecule has 14 N–H and O–H groups in total. The number of carbonyl (C=O) groups excluding carboxylic acids is 6. The van der Waals surface area contributed by atoms with E-state index in [1.54, 1.807) is 0 Å². The molecule has 0 bridgehead atoms. The summed E-state index contributed by atoms with van der Waals surface area (Å²) in [5.74, 6) is -4.14. The SMILES string of the molecule is C[C@@H]1NC(=O)CNC(=O)CNC(=O)[C@H](N=C(N)N)CCOCNC(=O)[C@H](CCCCN)NC(=O)[C@H](CCCCN)NC1=O.